The van der Waals surface area contributed by atoms with Crippen LogP contribution >= 0.6 is 0 Å². The number of hydrogen-bond acceptors (Lipinski definition) is 4. The van der Waals surface area contributed by atoms with Gasteiger partial charge in [0.05, 0.1) is 12.2 Å². The van der Waals surface area contributed by atoms with Gasteiger partial charge in [-0.3, -0.25) is 9.59 Å². The zero-order valence-electron chi connectivity index (χ0n) is 14.9. The van der Waals surface area contributed by atoms with Crippen LogP contribution in [-0.2, 0) is 14.3 Å². The number of carbonyl (C=O) groups excluding carboxylic acids is 2. The number of fused-ring (bicyclic) bond motifs is 3. The molecule has 2 saturated carbocycles. The van der Waals surface area contributed by atoms with Gasteiger partial charge in [-0.05, 0) is 38.5 Å². The van der Waals surface area contributed by atoms with Crippen molar-refractivity contribution >= 4 is 11.6 Å². The first kappa shape index (κ1) is 17.6. The Balaban J connectivity index is 2.03. The summed E-state index contributed by atoms with van der Waals surface area (Å²) in [5.41, 5.74) is 3.26. The van der Waals surface area contributed by atoms with E-state index < -0.39 is 6.10 Å². The Hall–Kier alpha value is -1.26. The maximum atomic E-state index is 12.7. The molecule has 0 radical (unpaired) electrons. The van der Waals surface area contributed by atoms with Crippen LogP contribution in [0, 0.1) is 23.7 Å². The molecule has 24 heavy (non-hydrogen) atoms. The SMILES string of the molecule is C=C(C)[C@H]1CC(=O)C[C@H]2C(=O)CC3=C(C)C[C@H](OC)[C@H](O)C3[C@@H]2C1. The van der Waals surface area contributed by atoms with Gasteiger partial charge in [-0.2, -0.15) is 0 Å². The highest BCUT2D eigenvalue weighted by molar-refractivity contribution is 5.91. The molecule has 3 aliphatic rings. The Morgan fingerprint density at radius 3 is 2.58 bits per heavy atom. The summed E-state index contributed by atoms with van der Waals surface area (Å²) in [6, 6.07) is 0. The van der Waals surface area contributed by atoms with Crippen molar-refractivity contribution in [2.75, 3.05) is 7.11 Å². The summed E-state index contributed by atoms with van der Waals surface area (Å²) in [5.74, 6) is 0.117. The number of ether oxygens (including phenoxy) is 1. The normalized spacial score (nSPS) is 40.0. The van der Waals surface area contributed by atoms with E-state index in [1.54, 1.807) is 7.11 Å². The zero-order chi connectivity index (χ0) is 17.6. The van der Waals surface area contributed by atoms with Crippen LogP contribution < -0.4 is 0 Å². The standard InChI is InChI=1S/C20H28O4/c1-10(2)12-6-13(21)8-15-16(7-12)19-14(9-17(15)22)11(3)5-18(24-4)20(19)23/h12,15-16,18-20,23H,1,5-9H2,2-4H3/t12-,15+,16+,18-,19?,20-/m0/s1. The van der Waals surface area contributed by atoms with Crippen LogP contribution in [0.4, 0.5) is 0 Å². The molecule has 0 spiro atoms. The van der Waals surface area contributed by atoms with Gasteiger partial charge in [0.2, 0.25) is 0 Å². The van der Waals surface area contributed by atoms with Crippen LogP contribution in [0.1, 0.15) is 46.0 Å². The van der Waals surface area contributed by atoms with E-state index in [4.69, 9.17) is 4.74 Å². The van der Waals surface area contributed by atoms with Gasteiger partial charge in [0.1, 0.15) is 11.6 Å². The minimum absolute atomic E-state index is 0.0114. The number of rotatable bonds is 2. The number of hydrogen-bond donors (Lipinski definition) is 1. The maximum absolute atomic E-state index is 12.7. The first-order chi connectivity index (χ1) is 11.3. The molecule has 0 saturated heterocycles. The molecule has 4 heteroatoms. The van der Waals surface area contributed by atoms with Crippen molar-refractivity contribution in [1.29, 1.82) is 0 Å². The van der Waals surface area contributed by atoms with Crippen LogP contribution in [0.25, 0.3) is 0 Å². The molecule has 4 nitrogen and oxygen atoms in total. The van der Waals surface area contributed by atoms with Gasteiger partial charge < -0.3 is 9.84 Å². The average Bonchev–Trinajstić information content (AvgIpc) is 2.70. The molecule has 132 valence electrons. The summed E-state index contributed by atoms with van der Waals surface area (Å²) >= 11 is 0. The Morgan fingerprint density at radius 1 is 1.25 bits per heavy atom. The summed E-state index contributed by atoms with van der Waals surface area (Å²) in [7, 11) is 1.63. The highest BCUT2D eigenvalue weighted by Gasteiger charge is 2.50. The quantitative estimate of drug-likeness (QED) is 0.790. The summed E-state index contributed by atoms with van der Waals surface area (Å²) in [6.45, 7) is 8.05. The summed E-state index contributed by atoms with van der Waals surface area (Å²) in [4.78, 5) is 25.1. The lowest BCUT2D eigenvalue weighted by atomic mass is 9.60. The summed E-state index contributed by atoms with van der Waals surface area (Å²) in [5, 5.41) is 10.9. The van der Waals surface area contributed by atoms with Gasteiger partial charge in [-0.1, -0.05) is 23.3 Å². The number of methoxy groups -OCH3 is 1. The fraction of sp³-hybridized carbons (Fsp3) is 0.700. The molecule has 0 amide bonds. The number of aliphatic hydroxyl groups is 1. The Labute approximate surface area is 144 Å². The molecule has 0 aromatic rings. The molecule has 6 atom stereocenters. The molecule has 0 heterocycles. The molecule has 0 aromatic heterocycles. The topological polar surface area (TPSA) is 63.6 Å². The van der Waals surface area contributed by atoms with E-state index in [0.717, 1.165) is 17.6 Å². The molecule has 1 N–H and O–H groups in total. The number of aliphatic hydroxyl groups excluding tert-OH is 1. The number of carbonyl (C=O) groups is 2. The molecule has 3 rings (SSSR count). The maximum Gasteiger partial charge on any atom is 0.140 e. The van der Waals surface area contributed by atoms with E-state index in [-0.39, 0.29) is 41.3 Å². The Morgan fingerprint density at radius 2 is 1.96 bits per heavy atom. The highest BCUT2D eigenvalue weighted by Crippen LogP contribution is 2.50. The Bertz CT molecular complexity index is 603. The van der Waals surface area contributed by atoms with Crippen molar-refractivity contribution in [1.82, 2.24) is 0 Å². The zero-order valence-corrected chi connectivity index (χ0v) is 14.9. The minimum Gasteiger partial charge on any atom is -0.390 e. The van der Waals surface area contributed by atoms with Crippen LogP contribution in [0.2, 0.25) is 0 Å². The number of Topliss-reactive ketones (excluding diaryl/α,β-unsaturated/α-hetero) is 2. The van der Waals surface area contributed by atoms with Crippen molar-refractivity contribution in [2.24, 2.45) is 23.7 Å². The third kappa shape index (κ3) is 2.91. The lowest BCUT2D eigenvalue weighted by Crippen LogP contribution is -2.49. The smallest absolute Gasteiger partial charge is 0.140 e. The van der Waals surface area contributed by atoms with Gasteiger partial charge >= 0.3 is 0 Å². The number of ketones is 2. The van der Waals surface area contributed by atoms with Crippen molar-refractivity contribution in [3.8, 4) is 0 Å². The molecule has 0 bridgehead atoms. The van der Waals surface area contributed by atoms with Crippen molar-refractivity contribution in [3.63, 3.8) is 0 Å². The molecule has 0 aromatic carbocycles. The fourth-order valence-electron chi connectivity index (χ4n) is 5.05. The van der Waals surface area contributed by atoms with Crippen LogP contribution in [0.3, 0.4) is 0 Å². The van der Waals surface area contributed by atoms with Gasteiger partial charge in [0.15, 0.2) is 0 Å². The third-order valence-electron chi connectivity index (χ3n) is 6.44. The van der Waals surface area contributed by atoms with E-state index in [1.807, 2.05) is 13.8 Å². The molecule has 0 aliphatic heterocycles. The van der Waals surface area contributed by atoms with E-state index in [1.165, 1.54) is 5.57 Å². The Kier molecular flexibility index (Phi) is 4.80. The molecule has 1 unspecified atom stereocenters. The van der Waals surface area contributed by atoms with Gasteiger partial charge in [-0.25, -0.2) is 0 Å². The van der Waals surface area contributed by atoms with E-state index in [9.17, 15) is 14.7 Å². The van der Waals surface area contributed by atoms with E-state index >= 15 is 0 Å². The second kappa shape index (κ2) is 6.57. The predicted octanol–water partition coefficient (Wildman–Crippen LogP) is 2.85. The predicted molar refractivity (Wildman–Crippen MR) is 91.4 cm³/mol. The monoisotopic (exact) mass is 332 g/mol. The van der Waals surface area contributed by atoms with E-state index in [2.05, 4.69) is 6.58 Å². The van der Waals surface area contributed by atoms with Crippen LogP contribution in [0.5, 0.6) is 0 Å². The minimum atomic E-state index is -0.603. The second-order valence-corrected chi connectivity index (χ2v) is 7.94. The second-order valence-electron chi connectivity index (χ2n) is 7.94. The molecule has 2 fully saturated rings. The summed E-state index contributed by atoms with van der Waals surface area (Å²) < 4.78 is 5.50. The molecular weight excluding hydrogens is 304 g/mol. The molecule has 3 aliphatic carbocycles. The van der Waals surface area contributed by atoms with Gasteiger partial charge in [0.25, 0.3) is 0 Å². The van der Waals surface area contributed by atoms with Crippen molar-refractivity contribution < 1.29 is 19.4 Å². The first-order valence-corrected chi connectivity index (χ1v) is 8.92. The number of allylic oxidation sites excluding steroid dienone is 1. The van der Waals surface area contributed by atoms with Crippen LogP contribution in [0.15, 0.2) is 23.3 Å². The average molecular weight is 332 g/mol. The van der Waals surface area contributed by atoms with Crippen LogP contribution in [-0.4, -0.2) is 36.0 Å². The van der Waals surface area contributed by atoms with Gasteiger partial charge in [-0.15, -0.1) is 0 Å². The fourth-order valence-corrected chi connectivity index (χ4v) is 5.05. The molecular formula is C20H28O4. The van der Waals surface area contributed by atoms with Crippen molar-refractivity contribution in [3.05, 3.63) is 23.3 Å². The van der Waals surface area contributed by atoms with E-state index in [0.29, 0.717) is 25.7 Å². The van der Waals surface area contributed by atoms with Crippen molar-refractivity contribution in [2.45, 2.75) is 58.2 Å². The first-order valence-electron chi connectivity index (χ1n) is 8.92. The lowest BCUT2D eigenvalue weighted by Gasteiger charge is -2.46. The lowest BCUT2D eigenvalue weighted by molar-refractivity contribution is -0.134. The summed E-state index contributed by atoms with van der Waals surface area (Å²) in [6.07, 6.45) is 1.78. The largest absolute Gasteiger partial charge is 0.390 e. The highest BCUT2D eigenvalue weighted by atomic mass is 16.5. The van der Waals surface area contributed by atoms with Gasteiger partial charge in [0, 0.05) is 38.2 Å². The third-order valence-corrected chi connectivity index (χ3v) is 6.44.